The van der Waals surface area contributed by atoms with Crippen LogP contribution in [-0.4, -0.2) is 37.4 Å². The van der Waals surface area contributed by atoms with Crippen molar-refractivity contribution in [2.75, 3.05) is 6.26 Å². The maximum atomic E-state index is 11.5. The van der Waals surface area contributed by atoms with Crippen LogP contribution in [0.3, 0.4) is 0 Å². The van der Waals surface area contributed by atoms with Crippen molar-refractivity contribution < 1.29 is 21.5 Å². The Kier molecular flexibility index (Phi) is 8.32. The first-order chi connectivity index (χ1) is 14.7. The van der Waals surface area contributed by atoms with Gasteiger partial charge in [0.2, 0.25) is 16.6 Å². The second kappa shape index (κ2) is 9.67. The van der Waals surface area contributed by atoms with E-state index in [1.807, 2.05) is 0 Å². The summed E-state index contributed by atoms with van der Waals surface area (Å²) in [6.45, 7) is 22.6. The van der Waals surface area contributed by atoms with Gasteiger partial charge in [-0.25, -0.2) is 0 Å². The standard InChI is InChI=1S/C25H46O5SSi2/c1-24(2,3)32(8,9)29-21-16-17-22(23(18-21)30-33(10,11)25(4,5)6)19-12-14-20(15-13-19)28-31(7,26)27/h16-20H,12-15H2,1-11H3/t19-,20+. The van der Waals surface area contributed by atoms with E-state index in [2.05, 4.69) is 85.9 Å². The SMILES string of the molecule is CC(C)(C)[Si](C)(C)Oc1ccc([C@H]2CC[C@@H](OS(C)(=O)=O)CC2)c(O[Si](C)(C)C(C)(C)C)c1. The van der Waals surface area contributed by atoms with Crippen molar-refractivity contribution in [3.05, 3.63) is 23.8 Å². The first-order valence-corrected chi connectivity index (χ1v) is 19.8. The molecule has 0 spiro atoms. The summed E-state index contributed by atoms with van der Waals surface area (Å²) in [6.07, 6.45) is 4.15. The van der Waals surface area contributed by atoms with E-state index < -0.39 is 26.8 Å². The molecule has 0 unspecified atom stereocenters. The summed E-state index contributed by atoms with van der Waals surface area (Å²) in [4.78, 5) is 0. The molecule has 0 bridgehead atoms. The number of rotatable bonds is 7. The van der Waals surface area contributed by atoms with E-state index in [1.165, 1.54) is 5.56 Å². The zero-order valence-electron chi connectivity index (χ0n) is 22.7. The molecule has 190 valence electrons. The number of hydrogen-bond donors (Lipinski definition) is 0. The Labute approximate surface area is 205 Å². The quantitative estimate of drug-likeness (QED) is 0.279. The monoisotopic (exact) mass is 514 g/mol. The predicted molar refractivity (Wildman–Crippen MR) is 143 cm³/mol. The van der Waals surface area contributed by atoms with Gasteiger partial charge < -0.3 is 8.85 Å². The molecule has 1 fully saturated rings. The Morgan fingerprint density at radius 1 is 0.818 bits per heavy atom. The Balaban J connectivity index is 2.36. The van der Waals surface area contributed by atoms with Crippen molar-refractivity contribution in [3.8, 4) is 11.5 Å². The molecule has 0 aliphatic heterocycles. The fraction of sp³-hybridized carbons (Fsp3) is 0.760. The van der Waals surface area contributed by atoms with Crippen LogP contribution >= 0.6 is 0 Å². The van der Waals surface area contributed by atoms with Crippen LogP contribution in [-0.2, 0) is 14.3 Å². The maximum Gasteiger partial charge on any atom is 0.264 e. The second-order valence-corrected chi connectivity index (χ2v) is 23.7. The molecule has 8 heteroatoms. The van der Waals surface area contributed by atoms with Gasteiger partial charge >= 0.3 is 0 Å². The molecule has 0 heterocycles. The Morgan fingerprint density at radius 2 is 1.30 bits per heavy atom. The summed E-state index contributed by atoms with van der Waals surface area (Å²) in [5.41, 5.74) is 1.21. The Hall–Kier alpha value is -0.836. The van der Waals surface area contributed by atoms with Gasteiger partial charge in [-0.15, -0.1) is 0 Å². The minimum absolute atomic E-state index is 0.0849. The molecule has 2 rings (SSSR count). The van der Waals surface area contributed by atoms with Crippen molar-refractivity contribution in [2.45, 2.75) is 116 Å². The lowest BCUT2D eigenvalue weighted by Crippen LogP contribution is -2.44. The van der Waals surface area contributed by atoms with E-state index >= 15 is 0 Å². The lowest BCUT2D eigenvalue weighted by Gasteiger charge is -2.39. The summed E-state index contributed by atoms with van der Waals surface area (Å²) in [5, 5.41) is 0.200. The Morgan fingerprint density at radius 3 is 1.76 bits per heavy atom. The van der Waals surface area contributed by atoms with Crippen molar-refractivity contribution in [3.63, 3.8) is 0 Å². The minimum atomic E-state index is -3.42. The molecule has 1 aliphatic rings. The average molecular weight is 515 g/mol. The summed E-state index contributed by atoms with van der Waals surface area (Å²) in [7, 11) is -7.44. The van der Waals surface area contributed by atoms with E-state index in [4.69, 9.17) is 13.0 Å². The van der Waals surface area contributed by atoms with Crippen LogP contribution in [0.15, 0.2) is 18.2 Å². The van der Waals surface area contributed by atoms with Crippen LogP contribution in [0.1, 0.15) is 78.7 Å². The van der Waals surface area contributed by atoms with E-state index in [0.717, 1.165) is 43.4 Å². The zero-order chi connectivity index (χ0) is 25.5. The highest BCUT2D eigenvalue weighted by Gasteiger charge is 2.41. The molecule has 0 N–H and O–H groups in total. The normalized spacial score (nSPS) is 21.1. The maximum absolute atomic E-state index is 11.5. The molecular formula is C25H46O5SSi2. The molecule has 0 atom stereocenters. The fourth-order valence-electron chi connectivity index (χ4n) is 3.60. The highest BCUT2D eigenvalue weighted by atomic mass is 32.2. The van der Waals surface area contributed by atoms with Gasteiger partial charge in [0.15, 0.2) is 0 Å². The van der Waals surface area contributed by atoms with Crippen molar-refractivity contribution in [2.24, 2.45) is 0 Å². The molecule has 1 aliphatic carbocycles. The largest absolute Gasteiger partial charge is 0.543 e. The summed E-state index contributed by atoms with van der Waals surface area (Å²) >= 11 is 0. The summed E-state index contributed by atoms with van der Waals surface area (Å²) < 4.78 is 41.8. The molecule has 0 radical (unpaired) electrons. The number of hydrogen-bond acceptors (Lipinski definition) is 5. The summed E-state index contributed by atoms with van der Waals surface area (Å²) in [5.74, 6) is 2.14. The third kappa shape index (κ3) is 7.57. The molecule has 33 heavy (non-hydrogen) atoms. The first kappa shape index (κ1) is 28.4. The van der Waals surface area contributed by atoms with Crippen molar-refractivity contribution in [1.82, 2.24) is 0 Å². The molecule has 1 saturated carbocycles. The van der Waals surface area contributed by atoms with Crippen LogP contribution < -0.4 is 8.85 Å². The van der Waals surface area contributed by atoms with Gasteiger partial charge in [-0.3, -0.25) is 4.18 Å². The third-order valence-corrected chi connectivity index (χ3v) is 17.1. The van der Waals surface area contributed by atoms with Crippen LogP contribution in [0.2, 0.25) is 36.3 Å². The van der Waals surface area contributed by atoms with Crippen LogP contribution in [0.25, 0.3) is 0 Å². The van der Waals surface area contributed by atoms with Crippen LogP contribution in [0.4, 0.5) is 0 Å². The van der Waals surface area contributed by atoms with Gasteiger partial charge in [-0.1, -0.05) is 47.6 Å². The van der Waals surface area contributed by atoms with Crippen molar-refractivity contribution >= 4 is 26.8 Å². The third-order valence-electron chi connectivity index (χ3n) is 7.76. The first-order valence-electron chi connectivity index (χ1n) is 12.1. The van der Waals surface area contributed by atoms with Gasteiger partial charge in [0, 0.05) is 6.07 Å². The second-order valence-electron chi connectivity index (χ2n) is 12.7. The van der Waals surface area contributed by atoms with Crippen LogP contribution in [0, 0.1) is 0 Å². The predicted octanol–water partition coefficient (Wildman–Crippen LogP) is 7.46. The fourth-order valence-corrected chi connectivity index (χ4v) is 6.34. The molecular weight excluding hydrogens is 469 g/mol. The molecule has 1 aromatic carbocycles. The average Bonchev–Trinajstić information content (AvgIpc) is 2.59. The molecule has 0 amide bonds. The molecule has 0 aromatic heterocycles. The highest BCUT2D eigenvalue weighted by molar-refractivity contribution is 7.86. The van der Waals surface area contributed by atoms with Gasteiger partial charge in [0.1, 0.15) is 11.5 Å². The minimum Gasteiger partial charge on any atom is -0.543 e. The zero-order valence-corrected chi connectivity index (χ0v) is 25.5. The molecule has 0 saturated heterocycles. The topological polar surface area (TPSA) is 61.8 Å². The lowest BCUT2D eigenvalue weighted by atomic mass is 9.82. The summed E-state index contributed by atoms with van der Waals surface area (Å²) in [6, 6.07) is 6.37. The molecule has 1 aromatic rings. The number of benzene rings is 1. The van der Waals surface area contributed by atoms with Gasteiger partial charge in [-0.05, 0) is 79.5 Å². The lowest BCUT2D eigenvalue weighted by molar-refractivity contribution is 0.154. The van der Waals surface area contributed by atoms with E-state index in [0.29, 0.717) is 5.92 Å². The Bertz CT molecular complexity index is 919. The van der Waals surface area contributed by atoms with E-state index in [9.17, 15) is 8.42 Å². The highest BCUT2D eigenvalue weighted by Crippen LogP contribution is 2.45. The van der Waals surface area contributed by atoms with E-state index in [1.54, 1.807) is 0 Å². The van der Waals surface area contributed by atoms with Crippen LogP contribution in [0.5, 0.6) is 11.5 Å². The van der Waals surface area contributed by atoms with E-state index in [-0.39, 0.29) is 16.2 Å². The molecule has 5 nitrogen and oxygen atoms in total. The smallest absolute Gasteiger partial charge is 0.264 e. The van der Waals surface area contributed by atoms with Gasteiger partial charge in [0.25, 0.3) is 10.1 Å². The van der Waals surface area contributed by atoms with Gasteiger partial charge in [-0.2, -0.15) is 8.42 Å². The van der Waals surface area contributed by atoms with Gasteiger partial charge in [0.05, 0.1) is 12.4 Å². The van der Waals surface area contributed by atoms with Crippen molar-refractivity contribution in [1.29, 1.82) is 0 Å².